The Kier molecular flexibility index (Phi) is 10.3. The zero-order valence-electron chi connectivity index (χ0n) is 10.5. The third kappa shape index (κ3) is 14.7. The third-order valence-corrected chi connectivity index (χ3v) is 2.31. The second-order valence-electron chi connectivity index (χ2n) is 3.97. The number of carbonyl (C=O) groups is 2. The molecule has 4 nitrogen and oxygen atoms in total. The van der Waals surface area contributed by atoms with Crippen LogP contribution < -0.4 is 0 Å². The molecule has 0 unspecified atom stereocenters. The van der Waals surface area contributed by atoms with E-state index in [1.165, 1.54) is 6.92 Å². The van der Waals surface area contributed by atoms with Crippen molar-refractivity contribution >= 4 is 11.9 Å². The van der Waals surface area contributed by atoms with E-state index in [0.717, 1.165) is 38.5 Å². The number of esters is 1. The maximum absolute atomic E-state index is 10.4. The topological polar surface area (TPSA) is 63.6 Å². The highest BCUT2D eigenvalue weighted by Gasteiger charge is 1.95. The minimum atomic E-state index is -0.710. The summed E-state index contributed by atoms with van der Waals surface area (Å²) < 4.78 is 4.74. The number of aliphatic carboxylic acids is 1. The van der Waals surface area contributed by atoms with Gasteiger partial charge in [0.05, 0.1) is 0 Å². The number of carboxylic acids is 1. The maximum atomic E-state index is 10.4. The van der Waals surface area contributed by atoms with Crippen molar-refractivity contribution in [3.8, 4) is 0 Å². The fourth-order valence-electron chi connectivity index (χ4n) is 1.42. The largest absolute Gasteiger partial charge is 0.481 e. The summed E-state index contributed by atoms with van der Waals surface area (Å²) in [5.41, 5.74) is 0. The Labute approximate surface area is 103 Å². The van der Waals surface area contributed by atoms with E-state index in [0.29, 0.717) is 6.61 Å². The van der Waals surface area contributed by atoms with Gasteiger partial charge in [-0.05, 0) is 19.3 Å². The molecule has 0 aliphatic rings. The smallest absolute Gasteiger partial charge is 0.303 e. The average Bonchev–Trinajstić information content (AvgIpc) is 2.25. The Morgan fingerprint density at radius 1 is 1.06 bits per heavy atom. The van der Waals surface area contributed by atoms with Crippen LogP contribution in [0.2, 0.25) is 0 Å². The lowest BCUT2D eigenvalue weighted by molar-refractivity contribution is -0.140. The SMILES string of the molecule is CC(=O)OC/C=C\CCCCCCCC(=O)O. The number of ether oxygens (including phenoxy) is 1. The van der Waals surface area contributed by atoms with Gasteiger partial charge in [-0.25, -0.2) is 0 Å². The van der Waals surface area contributed by atoms with Crippen molar-refractivity contribution in [2.45, 2.75) is 51.9 Å². The molecular formula is C13H22O4. The first kappa shape index (κ1) is 15.7. The van der Waals surface area contributed by atoms with Crippen LogP contribution in [0.1, 0.15) is 51.9 Å². The quantitative estimate of drug-likeness (QED) is 0.363. The minimum Gasteiger partial charge on any atom is -0.481 e. The summed E-state index contributed by atoms with van der Waals surface area (Å²) in [5, 5.41) is 8.43. The number of carbonyl (C=O) groups excluding carboxylic acids is 1. The summed E-state index contributed by atoms with van der Waals surface area (Å²) in [4.78, 5) is 20.7. The predicted octanol–water partition coefficient (Wildman–Crippen LogP) is 2.92. The first-order valence-electron chi connectivity index (χ1n) is 6.13. The summed E-state index contributed by atoms with van der Waals surface area (Å²) in [6, 6.07) is 0. The number of rotatable bonds is 10. The molecule has 0 bridgehead atoms. The van der Waals surface area contributed by atoms with E-state index in [1.807, 2.05) is 12.2 Å². The van der Waals surface area contributed by atoms with E-state index < -0.39 is 5.97 Å². The lowest BCUT2D eigenvalue weighted by Gasteiger charge is -1.98. The van der Waals surface area contributed by atoms with Gasteiger partial charge < -0.3 is 9.84 Å². The van der Waals surface area contributed by atoms with Crippen molar-refractivity contribution in [2.24, 2.45) is 0 Å². The summed E-state index contributed by atoms with van der Waals surface area (Å²) in [5.74, 6) is -0.966. The summed E-state index contributed by atoms with van der Waals surface area (Å²) in [6.45, 7) is 1.75. The Morgan fingerprint density at radius 2 is 1.71 bits per heavy atom. The van der Waals surface area contributed by atoms with Crippen molar-refractivity contribution in [1.82, 2.24) is 0 Å². The molecule has 0 aromatic carbocycles. The molecule has 0 atom stereocenters. The average molecular weight is 242 g/mol. The number of allylic oxidation sites excluding steroid dienone is 1. The van der Waals surface area contributed by atoms with Crippen molar-refractivity contribution in [2.75, 3.05) is 6.61 Å². The van der Waals surface area contributed by atoms with Crippen LogP contribution in [0.3, 0.4) is 0 Å². The lowest BCUT2D eigenvalue weighted by atomic mass is 10.1. The molecular weight excluding hydrogens is 220 g/mol. The van der Waals surface area contributed by atoms with Crippen molar-refractivity contribution < 1.29 is 19.4 Å². The monoisotopic (exact) mass is 242 g/mol. The molecule has 17 heavy (non-hydrogen) atoms. The highest BCUT2D eigenvalue weighted by atomic mass is 16.5. The van der Waals surface area contributed by atoms with Gasteiger partial charge in [0.25, 0.3) is 0 Å². The van der Waals surface area contributed by atoms with Crippen LogP contribution in [0.25, 0.3) is 0 Å². The lowest BCUT2D eigenvalue weighted by Crippen LogP contribution is -1.97. The predicted molar refractivity (Wildman–Crippen MR) is 65.7 cm³/mol. The van der Waals surface area contributed by atoms with Gasteiger partial charge in [-0.15, -0.1) is 0 Å². The molecule has 0 heterocycles. The van der Waals surface area contributed by atoms with Crippen molar-refractivity contribution in [1.29, 1.82) is 0 Å². The van der Waals surface area contributed by atoms with Gasteiger partial charge in [0, 0.05) is 13.3 Å². The molecule has 1 N–H and O–H groups in total. The molecule has 0 aliphatic heterocycles. The van der Waals surface area contributed by atoms with E-state index >= 15 is 0 Å². The van der Waals surface area contributed by atoms with E-state index in [2.05, 4.69) is 0 Å². The molecule has 0 spiro atoms. The fraction of sp³-hybridized carbons (Fsp3) is 0.692. The van der Waals surface area contributed by atoms with Crippen LogP contribution in [-0.4, -0.2) is 23.7 Å². The normalized spacial score (nSPS) is 10.6. The summed E-state index contributed by atoms with van der Waals surface area (Å²) in [6.07, 6.45) is 10.2. The highest BCUT2D eigenvalue weighted by Crippen LogP contribution is 2.07. The van der Waals surface area contributed by atoms with Crippen molar-refractivity contribution in [3.63, 3.8) is 0 Å². The van der Waals surface area contributed by atoms with Crippen LogP contribution >= 0.6 is 0 Å². The van der Waals surface area contributed by atoms with Gasteiger partial charge in [-0.2, -0.15) is 0 Å². The van der Waals surface area contributed by atoms with Gasteiger partial charge in [-0.1, -0.05) is 31.4 Å². The molecule has 0 aromatic rings. The van der Waals surface area contributed by atoms with Crippen LogP contribution in [0, 0.1) is 0 Å². The van der Waals surface area contributed by atoms with E-state index in [-0.39, 0.29) is 12.4 Å². The Bertz CT molecular complexity index is 246. The first-order chi connectivity index (χ1) is 8.13. The molecule has 4 heteroatoms. The molecule has 0 fully saturated rings. The minimum absolute atomic E-state index is 0.256. The first-order valence-corrected chi connectivity index (χ1v) is 6.13. The van der Waals surface area contributed by atoms with Crippen LogP contribution in [0.4, 0.5) is 0 Å². The van der Waals surface area contributed by atoms with Gasteiger partial charge in [0.1, 0.15) is 6.61 Å². The second-order valence-corrected chi connectivity index (χ2v) is 3.97. The molecule has 0 radical (unpaired) electrons. The van der Waals surface area contributed by atoms with E-state index in [1.54, 1.807) is 0 Å². The fourth-order valence-corrected chi connectivity index (χ4v) is 1.42. The highest BCUT2D eigenvalue weighted by molar-refractivity contribution is 5.66. The number of carboxylic acid groups (broad SMARTS) is 1. The number of hydrogen-bond acceptors (Lipinski definition) is 3. The molecule has 0 saturated heterocycles. The Balaban J connectivity index is 3.12. The molecule has 0 rings (SSSR count). The van der Waals surface area contributed by atoms with E-state index in [9.17, 15) is 9.59 Å². The maximum Gasteiger partial charge on any atom is 0.303 e. The van der Waals surface area contributed by atoms with Gasteiger partial charge in [0.15, 0.2) is 0 Å². The standard InChI is InChI=1S/C13H22O4/c1-12(14)17-11-9-7-5-3-2-4-6-8-10-13(15)16/h7,9H,2-6,8,10-11H2,1H3,(H,15,16)/b9-7-. The zero-order valence-corrected chi connectivity index (χ0v) is 10.5. The molecule has 0 aliphatic carbocycles. The van der Waals surface area contributed by atoms with Gasteiger partial charge in [-0.3, -0.25) is 9.59 Å². The third-order valence-electron chi connectivity index (χ3n) is 2.31. The van der Waals surface area contributed by atoms with Crippen molar-refractivity contribution in [3.05, 3.63) is 12.2 Å². The molecule has 98 valence electrons. The number of hydrogen-bond donors (Lipinski definition) is 1. The van der Waals surface area contributed by atoms with E-state index in [4.69, 9.17) is 9.84 Å². The molecule has 0 amide bonds. The summed E-state index contributed by atoms with van der Waals surface area (Å²) >= 11 is 0. The summed E-state index contributed by atoms with van der Waals surface area (Å²) in [7, 11) is 0. The molecule has 0 aromatic heterocycles. The van der Waals surface area contributed by atoms with Gasteiger partial charge >= 0.3 is 11.9 Å². The van der Waals surface area contributed by atoms with Gasteiger partial charge in [0.2, 0.25) is 0 Å². The van der Waals surface area contributed by atoms with Crippen LogP contribution in [0.15, 0.2) is 12.2 Å². The van der Waals surface area contributed by atoms with Crippen LogP contribution in [-0.2, 0) is 14.3 Å². The Morgan fingerprint density at radius 3 is 2.35 bits per heavy atom. The number of unbranched alkanes of at least 4 members (excludes halogenated alkanes) is 5. The Hall–Kier alpha value is -1.32. The second kappa shape index (κ2) is 11.2. The zero-order chi connectivity index (χ0) is 12.9. The van der Waals surface area contributed by atoms with Crippen LogP contribution in [0.5, 0.6) is 0 Å². The molecule has 0 saturated carbocycles.